The van der Waals surface area contributed by atoms with E-state index in [4.69, 9.17) is 21.3 Å². The number of rotatable bonds is 5. The number of aromatic nitrogens is 3. The summed E-state index contributed by atoms with van der Waals surface area (Å²) in [5.74, 6) is 2.19. The molecule has 0 spiro atoms. The van der Waals surface area contributed by atoms with E-state index in [9.17, 15) is 0 Å². The summed E-state index contributed by atoms with van der Waals surface area (Å²) in [4.78, 5) is 9.26. The number of hydrogen-bond donors (Lipinski definition) is 0. The van der Waals surface area contributed by atoms with E-state index in [0.717, 1.165) is 46.8 Å². The maximum absolute atomic E-state index is 6.48. The molecule has 0 N–H and O–H groups in total. The van der Waals surface area contributed by atoms with E-state index >= 15 is 0 Å². The topological polar surface area (TPSA) is 39.4 Å². The van der Waals surface area contributed by atoms with Crippen molar-refractivity contribution in [3.63, 3.8) is 0 Å². The molecule has 0 unspecified atom stereocenters. The highest BCUT2D eigenvalue weighted by molar-refractivity contribution is 6.33. The van der Waals surface area contributed by atoms with Gasteiger partial charge in [-0.3, -0.25) is 4.40 Å². The largest absolute Gasteiger partial charge is 0.489 e. The van der Waals surface area contributed by atoms with Crippen LogP contribution in [-0.2, 0) is 6.61 Å². The lowest BCUT2D eigenvalue weighted by Gasteiger charge is -2.27. The Labute approximate surface area is 174 Å². The molecule has 4 aromatic rings. The van der Waals surface area contributed by atoms with Gasteiger partial charge in [0.25, 0.3) is 0 Å². The van der Waals surface area contributed by atoms with E-state index in [1.807, 2.05) is 48.7 Å². The van der Waals surface area contributed by atoms with Crippen LogP contribution in [-0.4, -0.2) is 14.4 Å². The molecule has 0 saturated heterocycles. The molecule has 2 heterocycles. The number of imidazole rings is 1. The molecule has 2 aromatic heterocycles. The van der Waals surface area contributed by atoms with Crippen LogP contribution >= 0.6 is 11.6 Å². The van der Waals surface area contributed by atoms with Gasteiger partial charge in [-0.1, -0.05) is 66.2 Å². The number of allylic oxidation sites excluding steroid dienone is 1. The van der Waals surface area contributed by atoms with Crippen LogP contribution in [0.25, 0.3) is 16.8 Å². The van der Waals surface area contributed by atoms with Crippen LogP contribution in [0.15, 0.2) is 79.1 Å². The molecule has 1 aliphatic carbocycles. The highest BCUT2D eigenvalue weighted by atomic mass is 35.5. The number of hydrogen-bond acceptors (Lipinski definition) is 3. The minimum Gasteiger partial charge on any atom is -0.489 e. The molecule has 2 aromatic carbocycles. The van der Waals surface area contributed by atoms with Gasteiger partial charge in [0.2, 0.25) is 0 Å². The zero-order valence-corrected chi connectivity index (χ0v) is 16.6. The summed E-state index contributed by atoms with van der Waals surface area (Å²) in [6.07, 6.45) is 5.60. The Morgan fingerprint density at radius 1 is 1.10 bits per heavy atom. The average Bonchev–Trinajstić information content (AvgIpc) is 3.11. The molecular weight excluding hydrogens is 382 g/mol. The highest BCUT2D eigenvalue weighted by Crippen LogP contribution is 2.42. The van der Waals surface area contributed by atoms with Gasteiger partial charge >= 0.3 is 0 Å². The Bertz CT molecular complexity index is 1190. The molecule has 5 heteroatoms. The standard InChI is InChI=1S/C24H20ClN3O/c1-16-12-19(13-16)24-27-21(22-23(25)26-10-11-28(22)24)18-8-5-9-20(14-18)29-15-17-6-3-2-4-7-17/h2-11,14,19H,1,12-13,15H2. The van der Waals surface area contributed by atoms with Crippen LogP contribution in [0, 0.1) is 0 Å². The molecule has 0 aliphatic heterocycles. The van der Waals surface area contributed by atoms with Gasteiger partial charge in [-0.15, -0.1) is 0 Å². The van der Waals surface area contributed by atoms with Gasteiger partial charge in [0.15, 0.2) is 5.15 Å². The molecule has 5 rings (SSSR count). The van der Waals surface area contributed by atoms with Crippen LogP contribution in [0.5, 0.6) is 5.75 Å². The van der Waals surface area contributed by atoms with Crippen LogP contribution in [0.4, 0.5) is 0 Å². The van der Waals surface area contributed by atoms with Crippen LogP contribution < -0.4 is 4.74 Å². The van der Waals surface area contributed by atoms with Crippen molar-refractivity contribution in [2.75, 3.05) is 0 Å². The number of ether oxygens (including phenoxy) is 1. The van der Waals surface area contributed by atoms with Crippen LogP contribution in [0.3, 0.4) is 0 Å². The number of fused-ring (bicyclic) bond motifs is 1. The van der Waals surface area contributed by atoms with Crippen molar-refractivity contribution >= 4 is 17.1 Å². The quantitative estimate of drug-likeness (QED) is 0.381. The predicted octanol–water partition coefficient (Wildman–Crippen LogP) is 6.06. The second-order valence-electron chi connectivity index (χ2n) is 7.41. The molecule has 1 fully saturated rings. The van der Waals surface area contributed by atoms with Crippen molar-refractivity contribution < 1.29 is 4.74 Å². The summed E-state index contributed by atoms with van der Waals surface area (Å²) < 4.78 is 8.07. The first-order chi connectivity index (χ1) is 14.2. The van der Waals surface area contributed by atoms with Gasteiger partial charge < -0.3 is 4.74 Å². The molecule has 29 heavy (non-hydrogen) atoms. The fourth-order valence-corrected chi connectivity index (χ4v) is 4.04. The van der Waals surface area contributed by atoms with E-state index < -0.39 is 0 Å². The first-order valence-corrected chi connectivity index (χ1v) is 10.0. The molecule has 0 amide bonds. The van der Waals surface area contributed by atoms with Crippen molar-refractivity contribution in [2.45, 2.75) is 25.4 Å². The minimum absolute atomic E-state index is 0.375. The summed E-state index contributed by atoms with van der Waals surface area (Å²) >= 11 is 6.48. The Hall–Kier alpha value is -3.11. The number of halogens is 1. The first-order valence-electron chi connectivity index (χ1n) is 9.65. The van der Waals surface area contributed by atoms with E-state index in [2.05, 4.69) is 28.1 Å². The molecule has 4 nitrogen and oxygen atoms in total. The fourth-order valence-electron chi connectivity index (χ4n) is 3.81. The second-order valence-corrected chi connectivity index (χ2v) is 7.77. The molecule has 0 radical (unpaired) electrons. The van der Waals surface area contributed by atoms with Gasteiger partial charge in [0.05, 0.1) is 5.69 Å². The van der Waals surface area contributed by atoms with Crippen molar-refractivity contribution in [1.82, 2.24) is 14.4 Å². The molecule has 0 atom stereocenters. The van der Waals surface area contributed by atoms with Crippen LogP contribution in [0.1, 0.15) is 30.1 Å². The zero-order valence-electron chi connectivity index (χ0n) is 15.9. The van der Waals surface area contributed by atoms with Gasteiger partial charge in [0.1, 0.15) is 23.7 Å². The van der Waals surface area contributed by atoms with Gasteiger partial charge in [-0.05, 0) is 30.5 Å². The van der Waals surface area contributed by atoms with Crippen molar-refractivity contribution in [3.8, 4) is 17.0 Å². The van der Waals surface area contributed by atoms with E-state index in [1.54, 1.807) is 6.20 Å². The van der Waals surface area contributed by atoms with Crippen LogP contribution in [0.2, 0.25) is 5.15 Å². The predicted molar refractivity (Wildman–Crippen MR) is 115 cm³/mol. The minimum atomic E-state index is 0.375. The number of benzene rings is 2. The van der Waals surface area contributed by atoms with Crippen molar-refractivity contribution in [2.24, 2.45) is 0 Å². The first kappa shape index (κ1) is 18.0. The summed E-state index contributed by atoms with van der Waals surface area (Å²) in [7, 11) is 0. The lowest BCUT2D eigenvalue weighted by molar-refractivity contribution is 0.306. The summed E-state index contributed by atoms with van der Waals surface area (Å²) in [5.41, 5.74) is 5.03. The lowest BCUT2D eigenvalue weighted by Crippen LogP contribution is -2.15. The smallest absolute Gasteiger partial charge is 0.155 e. The summed E-state index contributed by atoms with van der Waals surface area (Å²) in [6, 6.07) is 18.1. The average molecular weight is 402 g/mol. The SMILES string of the molecule is C=C1CC(c2nc(-c3cccc(OCc4ccccc4)c3)c3c(Cl)nccn23)C1. The molecule has 144 valence electrons. The molecule has 0 bridgehead atoms. The molecule has 1 aliphatic rings. The van der Waals surface area contributed by atoms with Crippen molar-refractivity contribution in [3.05, 3.63) is 95.7 Å². The fraction of sp³-hybridized carbons (Fsp3) is 0.167. The normalized spacial score (nSPS) is 14.2. The monoisotopic (exact) mass is 401 g/mol. The highest BCUT2D eigenvalue weighted by Gasteiger charge is 2.29. The Balaban J connectivity index is 1.51. The van der Waals surface area contributed by atoms with Gasteiger partial charge in [0, 0.05) is 23.9 Å². The van der Waals surface area contributed by atoms with E-state index in [-0.39, 0.29) is 0 Å². The number of nitrogens with zero attached hydrogens (tertiary/aromatic N) is 3. The van der Waals surface area contributed by atoms with E-state index in [1.165, 1.54) is 5.57 Å². The molecule has 1 saturated carbocycles. The Morgan fingerprint density at radius 2 is 1.93 bits per heavy atom. The lowest BCUT2D eigenvalue weighted by atomic mass is 9.80. The third-order valence-electron chi connectivity index (χ3n) is 5.33. The zero-order chi connectivity index (χ0) is 19.8. The summed E-state index contributed by atoms with van der Waals surface area (Å²) in [6.45, 7) is 4.58. The van der Waals surface area contributed by atoms with Crippen molar-refractivity contribution in [1.29, 1.82) is 0 Å². The Morgan fingerprint density at radius 3 is 2.72 bits per heavy atom. The third kappa shape index (κ3) is 3.40. The maximum atomic E-state index is 6.48. The third-order valence-corrected chi connectivity index (χ3v) is 5.61. The van der Waals surface area contributed by atoms with E-state index in [0.29, 0.717) is 17.7 Å². The molecular formula is C24H20ClN3O. The second kappa shape index (κ2) is 7.37. The van der Waals surface area contributed by atoms with Gasteiger partial charge in [-0.2, -0.15) is 0 Å². The summed E-state index contributed by atoms with van der Waals surface area (Å²) in [5, 5.41) is 0.454. The van der Waals surface area contributed by atoms with Gasteiger partial charge in [-0.25, -0.2) is 9.97 Å². The Kier molecular flexibility index (Phi) is 4.57. The maximum Gasteiger partial charge on any atom is 0.155 e.